The van der Waals surface area contributed by atoms with Crippen LogP contribution in [0.4, 0.5) is 5.00 Å². The third-order valence-electron chi connectivity index (χ3n) is 3.99. The summed E-state index contributed by atoms with van der Waals surface area (Å²) in [5.74, 6) is 0.700. The van der Waals surface area contributed by atoms with Gasteiger partial charge in [-0.3, -0.25) is 9.69 Å². The smallest absolute Gasteiger partial charge is 0.341 e. The number of ether oxygens (including phenoxy) is 1. The van der Waals surface area contributed by atoms with Gasteiger partial charge in [-0.05, 0) is 55.8 Å². The largest absolute Gasteiger partial charge is 0.468 e. The van der Waals surface area contributed by atoms with E-state index in [2.05, 4.69) is 5.32 Å². The first-order valence-electron chi connectivity index (χ1n) is 8.37. The van der Waals surface area contributed by atoms with E-state index in [-0.39, 0.29) is 18.4 Å². The molecular formula is C18H22N2O4S. The highest BCUT2D eigenvalue weighted by Gasteiger charge is 2.32. The Bertz CT molecular complexity index is 734. The van der Waals surface area contributed by atoms with Crippen LogP contribution in [0.5, 0.6) is 0 Å². The molecule has 0 atom stereocenters. The Labute approximate surface area is 150 Å². The molecule has 0 aliphatic heterocycles. The Morgan fingerprint density at radius 1 is 1.44 bits per heavy atom. The van der Waals surface area contributed by atoms with Crippen LogP contribution in [0.3, 0.4) is 0 Å². The molecule has 0 bridgehead atoms. The Hall–Kier alpha value is -2.12. The van der Waals surface area contributed by atoms with Crippen molar-refractivity contribution in [3.8, 4) is 0 Å². The van der Waals surface area contributed by atoms with E-state index in [9.17, 15) is 9.59 Å². The summed E-state index contributed by atoms with van der Waals surface area (Å²) in [6, 6.07) is 3.69. The number of likely N-dealkylation sites (N-methyl/N-ethyl adjacent to an activating group) is 1. The number of furan rings is 1. The van der Waals surface area contributed by atoms with Gasteiger partial charge in [0.1, 0.15) is 10.8 Å². The van der Waals surface area contributed by atoms with Crippen molar-refractivity contribution in [2.75, 3.05) is 25.5 Å². The normalized spacial score (nSPS) is 13.9. The van der Waals surface area contributed by atoms with Gasteiger partial charge in [-0.25, -0.2) is 4.79 Å². The highest BCUT2D eigenvalue weighted by molar-refractivity contribution is 7.15. The molecule has 3 rings (SSSR count). The number of nitrogens with zero attached hydrogens (tertiary/aromatic N) is 1. The molecule has 0 unspecified atom stereocenters. The van der Waals surface area contributed by atoms with Crippen LogP contribution in [0.1, 0.15) is 47.4 Å². The lowest BCUT2D eigenvalue weighted by molar-refractivity contribution is -0.117. The van der Waals surface area contributed by atoms with Crippen LogP contribution in [-0.4, -0.2) is 37.0 Å². The van der Waals surface area contributed by atoms with Crippen LogP contribution in [-0.2, 0) is 16.1 Å². The summed E-state index contributed by atoms with van der Waals surface area (Å²) in [6.45, 7) is 2.85. The van der Waals surface area contributed by atoms with E-state index in [0.29, 0.717) is 29.6 Å². The number of carbonyl (C=O) groups is 2. The van der Waals surface area contributed by atoms with Gasteiger partial charge in [0.05, 0.1) is 31.5 Å². The topological polar surface area (TPSA) is 71.8 Å². The summed E-state index contributed by atoms with van der Waals surface area (Å²) < 4.78 is 10.5. The van der Waals surface area contributed by atoms with E-state index < -0.39 is 0 Å². The van der Waals surface area contributed by atoms with Crippen LogP contribution in [0.25, 0.3) is 0 Å². The fourth-order valence-corrected chi connectivity index (χ4v) is 3.75. The van der Waals surface area contributed by atoms with Crippen LogP contribution in [0.15, 0.2) is 28.2 Å². The maximum Gasteiger partial charge on any atom is 0.341 e. The molecule has 7 heteroatoms. The molecule has 1 fully saturated rings. The SMILES string of the molecule is CCOC(=O)c1c(C2CC2)csc1NC(=O)CN(C)Cc1ccco1. The lowest BCUT2D eigenvalue weighted by Gasteiger charge is -2.15. The lowest BCUT2D eigenvalue weighted by Crippen LogP contribution is -2.30. The zero-order valence-corrected chi connectivity index (χ0v) is 15.2. The van der Waals surface area contributed by atoms with Crippen LogP contribution in [0, 0.1) is 0 Å². The monoisotopic (exact) mass is 362 g/mol. The number of thiophene rings is 1. The molecule has 1 N–H and O–H groups in total. The van der Waals surface area contributed by atoms with Crippen molar-refractivity contribution < 1.29 is 18.7 Å². The number of hydrogen-bond donors (Lipinski definition) is 1. The van der Waals surface area contributed by atoms with Crippen molar-refractivity contribution in [3.63, 3.8) is 0 Å². The summed E-state index contributed by atoms with van der Waals surface area (Å²) in [4.78, 5) is 26.5. The van der Waals surface area contributed by atoms with E-state index >= 15 is 0 Å². The molecular weight excluding hydrogens is 340 g/mol. The molecule has 2 aromatic heterocycles. The van der Waals surface area contributed by atoms with Crippen LogP contribution >= 0.6 is 11.3 Å². The van der Waals surface area contributed by atoms with Crippen LogP contribution < -0.4 is 5.32 Å². The lowest BCUT2D eigenvalue weighted by atomic mass is 10.1. The molecule has 0 radical (unpaired) electrons. The van der Waals surface area contributed by atoms with Crippen molar-refractivity contribution >= 4 is 28.2 Å². The molecule has 25 heavy (non-hydrogen) atoms. The van der Waals surface area contributed by atoms with Gasteiger partial charge in [-0.2, -0.15) is 0 Å². The second-order valence-corrected chi connectivity index (χ2v) is 7.07. The zero-order chi connectivity index (χ0) is 17.8. The van der Waals surface area contributed by atoms with Gasteiger partial charge in [-0.1, -0.05) is 0 Å². The first-order chi connectivity index (χ1) is 12.1. The van der Waals surface area contributed by atoms with Crippen molar-refractivity contribution in [1.29, 1.82) is 0 Å². The molecule has 0 saturated heterocycles. The van der Waals surface area contributed by atoms with Gasteiger partial charge in [0, 0.05) is 0 Å². The number of nitrogens with one attached hydrogen (secondary N) is 1. The minimum Gasteiger partial charge on any atom is -0.468 e. The van der Waals surface area contributed by atoms with Crippen molar-refractivity contribution in [2.24, 2.45) is 0 Å². The van der Waals surface area contributed by atoms with E-state index in [0.717, 1.165) is 24.2 Å². The molecule has 0 aromatic carbocycles. The molecule has 1 aliphatic rings. The standard InChI is InChI=1S/C18H22N2O4S/c1-3-23-18(22)16-14(12-6-7-12)11-25-17(16)19-15(21)10-20(2)9-13-5-4-8-24-13/h4-5,8,11-12H,3,6-7,9-10H2,1-2H3,(H,19,21). The Morgan fingerprint density at radius 3 is 2.88 bits per heavy atom. The van der Waals surface area contributed by atoms with Gasteiger partial charge in [0.25, 0.3) is 0 Å². The van der Waals surface area contributed by atoms with Crippen LogP contribution in [0.2, 0.25) is 0 Å². The second kappa shape index (κ2) is 7.84. The Balaban J connectivity index is 1.65. The predicted molar refractivity (Wildman–Crippen MR) is 95.9 cm³/mol. The third kappa shape index (κ3) is 4.49. The van der Waals surface area contributed by atoms with Gasteiger partial charge < -0.3 is 14.5 Å². The van der Waals surface area contributed by atoms with Gasteiger partial charge >= 0.3 is 5.97 Å². The second-order valence-electron chi connectivity index (χ2n) is 6.19. The van der Waals surface area contributed by atoms with Crippen molar-refractivity contribution in [3.05, 3.63) is 40.7 Å². The average Bonchev–Trinajstić information content (AvgIpc) is 3.12. The summed E-state index contributed by atoms with van der Waals surface area (Å²) in [6.07, 6.45) is 3.78. The zero-order valence-electron chi connectivity index (χ0n) is 14.4. The van der Waals surface area contributed by atoms with E-state index in [1.807, 2.05) is 29.5 Å². The summed E-state index contributed by atoms with van der Waals surface area (Å²) in [5.41, 5.74) is 1.53. The third-order valence-corrected chi connectivity index (χ3v) is 4.90. The average molecular weight is 362 g/mol. The highest BCUT2D eigenvalue weighted by Crippen LogP contribution is 2.46. The number of carbonyl (C=O) groups excluding carboxylic acids is 2. The Kier molecular flexibility index (Phi) is 5.55. The molecule has 1 amide bonds. The predicted octanol–water partition coefficient (Wildman–Crippen LogP) is 3.47. The number of amides is 1. The van der Waals surface area contributed by atoms with Gasteiger partial charge in [0.15, 0.2) is 0 Å². The molecule has 0 spiro atoms. The first-order valence-corrected chi connectivity index (χ1v) is 9.25. The molecule has 6 nitrogen and oxygen atoms in total. The Morgan fingerprint density at radius 2 is 2.24 bits per heavy atom. The molecule has 2 heterocycles. The van der Waals surface area contributed by atoms with Gasteiger partial charge in [0.2, 0.25) is 5.91 Å². The summed E-state index contributed by atoms with van der Waals surface area (Å²) in [5, 5.41) is 5.41. The highest BCUT2D eigenvalue weighted by atomic mass is 32.1. The molecule has 1 saturated carbocycles. The van der Waals surface area contributed by atoms with Crippen molar-refractivity contribution in [1.82, 2.24) is 4.90 Å². The summed E-state index contributed by atoms with van der Waals surface area (Å²) >= 11 is 1.39. The minimum absolute atomic E-state index is 0.163. The summed E-state index contributed by atoms with van der Waals surface area (Å²) in [7, 11) is 1.85. The van der Waals surface area contributed by atoms with E-state index in [1.165, 1.54) is 11.3 Å². The quantitative estimate of drug-likeness (QED) is 0.728. The van der Waals surface area contributed by atoms with E-state index in [4.69, 9.17) is 9.15 Å². The number of rotatable bonds is 8. The fourth-order valence-electron chi connectivity index (χ4n) is 2.71. The minimum atomic E-state index is -0.357. The van der Waals surface area contributed by atoms with Gasteiger partial charge in [-0.15, -0.1) is 11.3 Å². The molecule has 134 valence electrons. The number of anilines is 1. The van der Waals surface area contributed by atoms with E-state index in [1.54, 1.807) is 13.2 Å². The maximum atomic E-state index is 12.3. The maximum absolute atomic E-state index is 12.3. The number of hydrogen-bond acceptors (Lipinski definition) is 6. The number of esters is 1. The fraction of sp³-hybridized carbons (Fsp3) is 0.444. The van der Waals surface area contributed by atoms with Crippen molar-refractivity contribution in [2.45, 2.75) is 32.2 Å². The molecule has 2 aromatic rings. The first kappa shape index (κ1) is 17.7. The molecule has 1 aliphatic carbocycles.